The van der Waals surface area contributed by atoms with Crippen LogP contribution in [0.2, 0.25) is 0 Å². The fourth-order valence-corrected chi connectivity index (χ4v) is 12.7. The van der Waals surface area contributed by atoms with Gasteiger partial charge in [0, 0.05) is 45.8 Å². The number of unbranched alkanes of at least 4 members (excludes halogenated alkanes) is 2. The number of hydrogen-bond acceptors (Lipinski definition) is 14. The molecule has 16 heteroatoms. The van der Waals surface area contributed by atoms with Crippen LogP contribution in [0, 0.1) is 0 Å². The van der Waals surface area contributed by atoms with Gasteiger partial charge in [0.15, 0.2) is 44.7 Å². The molecule has 102 heavy (non-hydrogen) atoms. The molecule has 0 unspecified atom stereocenters. The molecule has 0 saturated carbocycles. The molecule has 0 fully saturated rings. The van der Waals surface area contributed by atoms with Crippen LogP contribution in [0.1, 0.15) is 219 Å². The fraction of sp³-hybridized carbons (Fsp3) is 0.372. The SMILES string of the molecule is CCCCOc1ccc2cc(NC(=O)c3cc(=O)c4cc(C(C)(C)C)cc(Nc5nc6cc(C(C)(C)C)cc(C(C)(C)C)c6o5)c4o3)ccc2c1-c1c(OCCCC)ccc2cc(NC(=O)c3cc(=O)c4cc(C(C)(C)C)cc(Nc5nc6cc(C(C)(C)C)cc(C(C)(C)C)c6o5)c4o3)ccc12. The maximum atomic E-state index is 14.6. The van der Waals surface area contributed by atoms with E-state index in [2.05, 4.69) is 184 Å². The molecule has 0 radical (unpaired) electrons. The molecule has 0 aliphatic rings. The highest BCUT2D eigenvalue weighted by molar-refractivity contribution is 6.13. The molecule has 0 bridgehead atoms. The zero-order valence-electron chi connectivity index (χ0n) is 62.8. The number of anilines is 6. The minimum Gasteiger partial charge on any atom is -0.493 e. The van der Waals surface area contributed by atoms with E-state index < -0.39 is 22.7 Å². The first-order valence-corrected chi connectivity index (χ1v) is 35.6. The molecule has 0 aliphatic carbocycles. The standard InChI is InChI=1S/C86H96N6O10/c1-21-23-33-97-67-31-25-47-35-53(87-77(95)69-45-65(93)57-37-49(81(3,4)5)41-61(73(57)99-69)89-79-91-63-43-51(83(9,10)11)39-59(75(63)101-79)85(15,16)17)27-29-55(47)71(67)72-56-30-28-54(36-48(56)26-32-68(72)98-34-24-22-2)88-78(96)70-46-66(94)58-38-50(82(6,7)8)42-62(74(58)100-70)90-80-92-64-44-52(84(12,13)14)40-60(76(64)102-80)86(18,19)20/h25-32,35-46H,21-24,33-34H2,1-20H3,(H,87,95)(H,88,96)(H,89,91)(H,90,92). The molecular formula is C86H96N6O10. The number of aromatic nitrogens is 2. The summed E-state index contributed by atoms with van der Waals surface area (Å²) in [6, 6.07) is 37.9. The van der Waals surface area contributed by atoms with Crippen molar-refractivity contribution in [2.45, 2.75) is 197 Å². The minimum atomic E-state index is -0.630. The van der Waals surface area contributed by atoms with E-state index in [0.29, 0.717) is 80.4 Å². The predicted molar refractivity (Wildman–Crippen MR) is 415 cm³/mol. The Balaban J connectivity index is 0.886. The van der Waals surface area contributed by atoms with E-state index in [1.807, 2.05) is 84.9 Å². The van der Waals surface area contributed by atoms with Crippen molar-refractivity contribution in [1.82, 2.24) is 9.97 Å². The third kappa shape index (κ3) is 14.6. The Morgan fingerprint density at radius 1 is 0.392 bits per heavy atom. The lowest BCUT2D eigenvalue weighted by molar-refractivity contribution is 0.0990. The summed E-state index contributed by atoms with van der Waals surface area (Å²) in [6.07, 6.45) is 3.46. The Kier molecular flexibility index (Phi) is 18.7. The summed E-state index contributed by atoms with van der Waals surface area (Å²) >= 11 is 0. The summed E-state index contributed by atoms with van der Waals surface area (Å²) in [6.45, 7) is 43.5. The van der Waals surface area contributed by atoms with Crippen molar-refractivity contribution in [1.29, 1.82) is 0 Å². The highest BCUT2D eigenvalue weighted by Gasteiger charge is 2.31. The van der Waals surface area contributed by atoms with Crippen molar-refractivity contribution >= 4 is 112 Å². The fourth-order valence-electron chi connectivity index (χ4n) is 12.7. The summed E-state index contributed by atoms with van der Waals surface area (Å²) in [5, 5.41) is 16.6. The smallest absolute Gasteiger partial charge is 0.300 e. The first kappa shape index (κ1) is 71.6. The van der Waals surface area contributed by atoms with E-state index in [9.17, 15) is 19.2 Å². The third-order valence-electron chi connectivity index (χ3n) is 18.9. The van der Waals surface area contributed by atoms with Gasteiger partial charge in [-0.3, -0.25) is 19.2 Å². The van der Waals surface area contributed by atoms with Crippen LogP contribution in [-0.4, -0.2) is 35.0 Å². The number of fused-ring (bicyclic) bond motifs is 6. The Morgan fingerprint density at radius 3 is 1.10 bits per heavy atom. The molecule has 4 N–H and O–H groups in total. The second-order valence-corrected chi connectivity index (χ2v) is 33.3. The van der Waals surface area contributed by atoms with Crippen molar-refractivity contribution in [2.24, 2.45) is 0 Å². The summed E-state index contributed by atoms with van der Waals surface area (Å²) in [4.78, 5) is 67.6. The van der Waals surface area contributed by atoms with Gasteiger partial charge in [0.25, 0.3) is 23.8 Å². The van der Waals surface area contributed by atoms with E-state index >= 15 is 0 Å². The molecule has 0 atom stereocenters. The quantitative estimate of drug-likeness (QED) is 0.0625. The molecule has 4 heterocycles. The van der Waals surface area contributed by atoms with Gasteiger partial charge in [-0.25, -0.2) is 0 Å². The van der Waals surface area contributed by atoms with Gasteiger partial charge in [-0.05, 0) is 162 Å². The minimum absolute atomic E-state index is 0.146. The lowest BCUT2D eigenvalue weighted by Crippen LogP contribution is -2.17. The Morgan fingerprint density at radius 2 is 0.755 bits per heavy atom. The maximum absolute atomic E-state index is 14.6. The van der Waals surface area contributed by atoms with Crippen LogP contribution < -0.4 is 41.6 Å². The highest BCUT2D eigenvalue weighted by Crippen LogP contribution is 2.48. The number of nitrogens with zero attached hydrogens (tertiary/aromatic N) is 2. The average Bonchev–Trinajstić information content (AvgIpc) is 0.865. The van der Waals surface area contributed by atoms with Gasteiger partial charge in [-0.2, -0.15) is 9.97 Å². The normalized spacial score (nSPS) is 12.7. The van der Waals surface area contributed by atoms with Crippen LogP contribution in [0.5, 0.6) is 11.5 Å². The molecule has 12 aromatic rings. The molecule has 16 nitrogen and oxygen atoms in total. The summed E-state index contributed by atoms with van der Waals surface area (Å²) < 4.78 is 39.4. The van der Waals surface area contributed by atoms with Crippen molar-refractivity contribution in [3.05, 3.63) is 187 Å². The van der Waals surface area contributed by atoms with Crippen molar-refractivity contribution < 1.29 is 36.7 Å². The molecule has 0 saturated heterocycles. The van der Waals surface area contributed by atoms with Crippen LogP contribution >= 0.6 is 0 Å². The Bertz CT molecular complexity index is 5090. The number of hydrogen-bond donors (Lipinski definition) is 4. The second-order valence-electron chi connectivity index (χ2n) is 33.3. The predicted octanol–water partition coefficient (Wildman–Crippen LogP) is 22.3. The maximum Gasteiger partial charge on any atom is 0.300 e. The Labute approximate surface area is 596 Å². The third-order valence-corrected chi connectivity index (χ3v) is 18.9. The molecule has 4 aromatic heterocycles. The number of rotatable bonds is 17. The van der Waals surface area contributed by atoms with Gasteiger partial charge in [0.1, 0.15) is 22.5 Å². The average molecular weight is 1370 g/mol. The van der Waals surface area contributed by atoms with Crippen LogP contribution in [0.3, 0.4) is 0 Å². The van der Waals surface area contributed by atoms with Crippen molar-refractivity contribution in [3.63, 3.8) is 0 Å². The molecule has 0 aliphatic heterocycles. The summed E-state index contributed by atoms with van der Waals surface area (Å²) in [7, 11) is 0. The van der Waals surface area contributed by atoms with Gasteiger partial charge in [0.2, 0.25) is 0 Å². The van der Waals surface area contributed by atoms with Crippen LogP contribution in [0.15, 0.2) is 149 Å². The highest BCUT2D eigenvalue weighted by atomic mass is 16.5. The molecular weight excluding hydrogens is 1280 g/mol. The van der Waals surface area contributed by atoms with E-state index in [1.165, 1.54) is 12.1 Å². The van der Waals surface area contributed by atoms with Crippen LogP contribution in [-0.2, 0) is 32.5 Å². The summed E-state index contributed by atoms with van der Waals surface area (Å²) in [5.41, 5.74) is 10.0. The van der Waals surface area contributed by atoms with Gasteiger partial charge >= 0.3 is 0 Å². The van der Waals surface area contributed by atoms with Gasteiger partial charge < -0.3 is 48.4 Å². The molecule has 2 amide bonds. The van der Waals surface area contributed by atoms with Crippen LogP contribution in [0.4, 0.5) is 34.8 Å². The number of ether oxygens (including phenoxy) is 2. The Hall–Kier alpha value is -10.2. The molecule has 530 valence electrons. The van der Waals surface area contributed by atoms with E-state index in [0.717, 1.165) is 91.7 Å². The van der Waals surface area contributed by atoms with E-state index in [4.69, 9.17) is 37.1 Å². The first-order chi connectivity index (χ1) is 47.8. The number of nitrogens with one attached hydrogen (secondary N) is 4. The number of amides is 2. The van der Waals surface area contributed by atoms with Crippen molar-refractivity contribution in [2.75, 3.05) is 34.5 Å². The lowest BCUT2D eigenvalue weighted by atomic mass is 9.80. The zero-order valence-corrected chi connectivity index (χ0v) is 62.8. The number of carbonyl (C=O) groups is 2. The zero-order chi connectivity index (χ0) is 73.5. The summed E-state index contributed by atoms with van der Waals surface area (Å²) in [5.74, 6) is -0.382. The van der Waals surface area contributed by atoms with Crippen LogP contribution in [0.25, 0.3) is 76.8 Å². The number of carbonyl (C=O) groups excluding carboxylic acids is 2. The largest absolute Gasteiger partial charge is 0.493 e. The van der Waals surface area contributed by atoms with Crippen molar-refractivity contribution in [3.8, 4) is 22.6 Å². The van der Waals surface area contributed by atoms with Gasteiger partial charge in [0.05, 0.1) is 35.4 Å². The van der Waals surface area contributed by atoms with E-state index in [-0.39, 0.29) is 67.2 Å². The first-order valence-electron chi connectivity index (χ1n) is 35.6. The molecule has 12 rings (SSSR count). The lowest BCUT2D eigenvalue weighted by Gasteiger charge is -2.24. The molecule has 0 spiro atoms. The number of oxazole rings is 2. The van der Waals surface area contributed by atoms with Gasteiger partial charge in [-0.15, -0.1) is 0 Å². The van der Waals surface area contributed by atoms with E-state index in [1.54, 1.807) is 0 Å². The number of benzene rings is 8. The van der Waals surface area contributed by atoms with Gasteiger partial charge in [-0.1, -0.05) is 188 Å². The second kappa shape index (κ2) is 26.6. The molecule has 8 aromatic carbocycles. The monoisotopic (exact) mass is 1370 g/mol. The topological polar surface area (TPSA) is 213 Å².